The van der Waals surface area contributed by atoms with Crippen LogP contribution in [0, 0.1) is 0 Å². The summed E-state index contributed by atoms with van der Waals surface area (Å²) in [6, 6.07) is 6.61. The Hall–Kier alpha value is -3.33. The summed E-state index contributed by atoms with van der Waals surface area (Å²) in [7, 11) is 2.98. The van der Waals surface area contributed by atoms with Gasteiger partial charge >= 0.3 is 0 Å². The van der Waals surface area contributed by atoms with Crippen molar-refractivity contribution in [2.45, 2.75) is 26.8 Å². The largest absolute Gasteiger partial charge is 0.497 e. The molecule has 2 aromatic rings. The summed E-state index contributed by atoms with van der Waals surface area (Å²) in [5.74, 6) is 0.348. The van der Waals surface area contributed by atoms with Crippen LogP contribution in [-0.4, -0.2) is 45.2 Å². The molecule has 0 heterocycles. The van der Waals surface area contributed by atoms with Crippen LogP contribution in [0.4, 0.5) is 11.4 Å². The van der Waals surface area contributed by atoms with E-state index in [0.29, 0.717) is 46.9 Å². The van der Waals surface area contributed by atoms with Gasteiger partial charge in [-0.05, 0) is 32.9 Å². The van der Waals surface area contributed by atoms with Crippen LogP contribution in [0.1, 0.15) is 20.8 Å². The van der Waals surface area contributed by atoms with Gasteiger partial charge in [0.25, 0.3) is 5.91 Å². The second kappa shape index (κ2) is 11.9. The van der Waals surface area contributed by atoms with E-state index in [1.54, 1.807) is 44.2 Å². The van der Waals surface area contributed by atoms with Gasteiger partial charge in [0.05, 0.1) is 27.4 Å². The lowest BCUT2D eigenvalue weighted by molar-refractivity contribution is -0.126. The third-order valence-electron chi connectivity index (χ3n) is 4.18. The van der Waals surface area contributed by atoms with E-state index in [4.69, 9.17) is 30.5 Å². The normalized spacial score (nSPS) is 11.7. The highest BCUT2D eigenvalue weighted by Gasteiger charge is 2.26. The van der Waals surface area contributed by atoms with Crippen molar-refractivity contribution in [3.05, 3.63) is 35.4 Å². The Morgan fingerprint density at radius 3 is 2.12 bits per heavy atom. The number of halogens is 1. The fourth-order valence-corrected chi connectivity index (χ4v) is 2.92. The zero-order chi connectivity index (χ0) is 23.7. The number of anilines is 1. The summed E-state index contributed by atoms with van der Waals surface area (Å²) in [4.78, 5) is 25.2. The Kier molecular flexibility index (Phi) is 9.27. The first-order chi connectivity index (χ1) is 15.3. The van der Waals surface area contributed by atoms with E-state index in [0.717, 1.165) is 0 Å². The lowest BCUT2D eigenvalue weighted by atomic mass is 10.2. The van der Waals surface area contributed by atoms with Gasteiger partial charge in [-0.1, -0.05) is 11.6 Å². The molecule has 2 aromatic carbocycles. The van der Waals surface area contributed by atoms with E-state index in [1.165, 1.54) is 21.1 Å². The van der Waals surface area contributed by atoms with Gasteiger partial charge in [0, 0.05) is 23.2 Å². The molecule has 1 amide bonds. The molecule has 0 saturated carbocycles. The number of methoxy groups -OCH3 is 2. The molecular formula is C22H26ClN3O6. The second-order valence-electron chi connectivity index (χ2n) is 6.40. The molecule has 0 saturated heterocycles. The molecule has 0 bridgehead atoms. The standard InChI is InChI=1S/C22H26ClN3O6/c1-6-31-18-10-14(23)11-19(32-7-2)21(18)24-22(28)20(13(3)27)26-25-16-12-15(29-4)8-9-17(16)30-5/h8-12,20H,6-7H2,1-5H3,(H,24,28). The van der Waals surface area contributed by atoms with E-state index in [9.17, 15) is 9.59 Å². The number of carbonyl (C=O) groups excluding carboxylic acids is 2. The van der Waals surface area contributed by atoms with Gasteiger partial charge in [-0.15, -0.1) is 0 Å². The molecule has 32 heavy (non-hydrogen) atoms. The monoisotopic (exact) mass is 463 g/mol. The van der Waals surface area contributed by atoms with E-state index < -0.39 is 17.7 Å². The van der Waals surface area contributed by atoms with Crippen LogP contribution in [0.5, 0.6) is 23.0 Å². The fourth-order valence-electron chi connectivity index (χ4n) is 2.72. The number of carbonyl (C=O) groups is 2. The molecule has 0 spiro atoms. The molecular weight excluding hydrogens is 438 g/mol. The van der Waals surface area contributed by atoms with Gasteiger partial charge in [-0.25, -0.2) is 0 Å². The van der Waals surface area contributed by atoms with E-state index in [2.05, 4.69) is 15.5 Å². The number of Topliss-reactive ketones (excluding diaryl/α,β-unsaturated/α-hetero) is 1. The summed E-state index contributed by atoms with van der Waals surface area (Å²) in [6.45, 7) is 5.50. The lowest BCUT2D eigenvalue weighted by Gasteiger charge is -2.17. The number of rotatable bonds is 11. The van der Waals surface area contributed by atoms with Crippen molar-refractivity contribution in [2.24, 2.45) is 10.2 Å². The van der Waals surface area contributed by atoms with Crippen LogP contribution in [0.15, 0.2) is 40.6 Å². The Balaban J connectivity index is 2.38. The molecule has 10 heteroatoms. The van der Waals surface area contributed by atoms with Crippen molar-refractivity contribution < 1.29 is 28.5 Å². The molecule has 9 nitrogen and oxygen atoms in total. The number of ketones is 1. The fraction of sp³-hybridized carbons (Fsp3) is 0.364. The zero-order valence-corrected chi connectivity index (χ0v) is 19.4. The molecule has 172 valence electrons. The van der Waals surface area contributed by atoms with E-state index in [-0.39, 0.29) is 5.69 Å². The van der Waals surface area contributed by atoms with Crippen molar-refractivity contribution in [1.29, 1.82) is 0 Å². The average Bonchev–Trinajstić information content (AvgIpc) is 2.76. The molecule has 1 N–H and O–H groups in total. The predicted octanol–water partition coefficient (Wildman–Crippen LogP) is 4.83. The quantitative estimate of drug-likeness (QED) is 0.377. The van der Waals surface area contributed by atoms with Crippen LogP contribution in [-0.2, 0) is 9.59 Å². The van der Waals surface area contributed by atoms with Crippen LogP contribution < -0.4 is 24.3 Å². The molecule has 0 aromatic heterocycles. The number of hydrogen-bond acceptors (Lipinski definition) is 8. The molecule has 0 aliphatic carbocycles. The van der Waals surface area contributed by atoms with Crippen molar-refractivity contribution in [1.82, 2.24) is 0 Å². The highest BCUT2D eigenvalue weighted by atomic mass is 35.5. The molecule has 0 aliphatic rings. The number of azo groups is 1. The number of ether oxygens (including phenoxy) is 4. The maximum absolute atomic E-state index is 13.0. The van der Waals surface area contributed by atoms with E-state index >= 15 is 0 Å². The van der Waals surface area contributed by atoms with E-state index in [1.807, 2.05) is 0 Å². The third-order valence-corrected chi connectivity index (χ3v) is 4.40. The van der Waals surface area contributed by atoms with Gasteiger partial charge in [0.2, 0.25) is 6.04 Å². The third kappa shape index (κ3) is 6.34. The van der Waals surface area contributed by atoms with Crippen LogP contribution in [0.25, 0.3) is 0 Å². The molecule has 1 atom stereocenters. The molecule has 1 unspecified atom stereocenters. The molecule has 0 aliphatic heterocycles. The van der Waals surface area contributed by atoms with Crippen molar-refractivity contribution in [3.63, 3.8) is 0 Å². The minimum absolute atomic E-state index is 0.253. The van der Waals surface area contributed by atoms with Crippen molar-refractivity contribution in [3.8, 4) is 23.0 Å². The van der Waals surface area contributed by atoms with Crippen molar-refractivity contribution >= 4 is 34.7 Å². The van der Waals surface area contributed by atoms with Gasteiger partial charge in [-0.2, -0.15) is 10.2 Å². The first-order valence-electron chi connectivity index (χ1n) is 9.87. The van der Waals surface area contributed by atoms with Crippen molar-refractivity contribution in [2.75, 3.05) is 32.8 Å². The highest BCUT2D eigenvalue weighted by molar-refractivity contribution is 6.31. The molecule has 2 rings (SSSR count). The van der Waals surface area contributed by atoms with Crippen LogP contribution in [0.2, 0.25) is 5.02 Å². The summed E-state index contributed by atoms with van der Waals surface area (Å²) < 4.78 is 21.6. The maximum atomic E-state index is 13.0. The predicted molar refractivity (Wildman–Crippen MR) is 121 cm³/mol. The minimum atomic E-state index is -1.41. The summed E-state index contributed by atoms with van der Waals surface area (Å²) >= 11 is 6.13. The summed E-state index contributed by atoms with van der Waals surface area (Å²) in [6.07, 6.45) is 0. The SMILES string of the molecule is CCOc1cc(Cl)cc(OCC)c1NC(=O)C(N=Nc1cc(OC)ccc1OC)C(C)=O. The first-order valence-corrected chi connectivity index (χ1v) is 10.3. The Morgan fingerprint density at radius 1 is 1.00 bits per heavy atom. The number of hydrogen-bond donors (Lipinski definition) is 1. The second-order valence-corrected chi connectivity index (χ2v) is 6.84. The summed E-state index contributed by atoms with van der Waals surface area (Å²) in [5, 5.41) is 11.1. The van der Waals surface area contributed by atoms with Crippen LogP contribution in [0.3, 0.4) is 0 Å². The van der Waals surface area contributed by atoms with Gasteiger partial charge in [0.15, 0.2) is 5.78 Å². The molecule has 0 radical (unpaired) electrons. The Morgan fingerprint density at radius 2 is 1.62 bits per heavy atom. The zero-order valence-electron chi connectivity index (χ0n) is 18.6. The lowest BCUT2D eigenvalue weighted by Crippen LogP contribution is -2.32. The van der Waals surface area contributed by atoms with Gasteiger partial charge < -0.3 is 24.3 Å². The smallest absolute Gasteiger partial charge is 0.259 e. The average molecular weight is 464 g/mol. The molecule has 0 fully saturated rings. The Bertz CT molecular complexity index is 969. The topological polar surface area (TPSA) is 108 Å². The summed E-state index contributed by atoms with van der Waals surface area (Å²) in [5.41, 5.74) is 0.561. The van der Waals surface area contributed by atoms with Crippen LogP contribution >= 0.6 is 11.6 Å². The first kappa shape index (κ1) is 24.9. The number of benzene rings is 2. The number of amides is 1. The highest BCUT2D eigenvalue weighted by Crippen LogP contribution is 2.38. The van der Waals surface area contributed by atoms with Gasteiger partial charge in [0.1, 0.15) is 34.4 Å². The minimum Gasteiger partial charge on any atom is -0.497 e. The maximum Gasteiger partial charge on any atom is 0.259 e. The Labute approximate surface area is 191 Å². The van der Waals surface area contributed by atoms with Gasteiger partial charge in [-0.3, -0.25) is 9.59 Å². The number of nitrogens with one attached hydrogen (secondary N) is 1. The number of nitrogens with zero attached hydrogens (tertiary/aromatic N) is 2.